The van der Waals surface area contributed by atoms with Gasteiger partial charge in [0.15, 0.2) is 0 Å². The zero-order valence-electron chi connectivity index (χ0n) is 19.3. The molecule has 2 fully saturated rings. The summed E-state index contributed by atoms with van der Waals surface area (Å²) in [6, 6.07) is 6.58. The van der Waals surface area contributed by atoms with Crippen molar-refractivity contribution in [1.29, 1.82) is 0 Å². The van der Waals surface area contributed by atoms with E-state index in [1.165, 1.54) is 49.8 Å². The summed E-state index contributed by atoms with van der Waals surface area (Å²) in [5.74, 6) is 0.527. The van der Waals surface area contributed by atoms with Crippen molar-refractivity contribution in [1.82, 2.24) is 20.1 Å². The van der Waals surface area contributed by atoms with Crippen LogP contribution in [0.2, 0.25) is 0 Å². The lowest BCUT2D eigenvalue weighted by Crippen LogP contribution is -2.41. The number of H-pyrrole nitrogens is 1. The number of carbonyl (C=O) groups is 2. The number of nitrogens with one attached hydrogen (secondary N) is 2. The molecule has 2 saturated carbocycles. The first-order valence-electron chi connectivity index (χ1n) is 12.5. The number of aromatic nitrogens is 1. The van der Waals surface area contributed by atoms with Crippen molar-refractivity contribution in [3.8, 4) is 0 Å². The molecule has 2 heterocycles. The predicted octanol–water partition coefficient (Wildman–Crippen LogP) is 3.85. The highest BCUT2D eigenvalue weighted by Gasteiger charge is 2.32. The third-order valence-electron chi connectivity index (χ3n) is 7.95. The van der Waals surface area contributed by atoms with Crippen LogP contribution in [0.15, 0.2) is 18.2 Å². The van der Waals surface area contributed by atoms with E-state index in [0.29, 0.717) is 30.6 Å². The zero-order chi connectivity index (χ0) is 22.1. The lowest BCUT2D eigenvalue weighted by Gasteiger charge is -2.34. The molecule has 1 aliphatic heterocycles. The number of benzene rings is 1. The molecule has 1 aromatic heterocycles. The Morgan fingerprint density at radius 2 is 1.94 bits per heavy atom. The van der Waals surface area contributed by atoms with Crippen molar-refractivity contribution in [2.24, 2.45) is 5.92 Å². The normalized spacial score (nSPS) is 19.8. The van der Waals surface area contributed by atoms with E-state index >= 15 is 0 Å². The minimum absolute atomic E-state index is 0.0166. The Morgan fingerprint density at radius 1 is 1.12 bits per heavy atom. The maximum atomic E-state index is 12.8. The summed E-state index contributed by atoms with van der Waals surface area (Å²) in [5.41, 5.74) is 4.15. The number of hydrogen-bond donors (Lipinski definition) is 2. The maximum absolute atomic E-state index is 12.8. The molecule has 0 unspecified atom stereocenters. The van der Waals surface area contributed by atoms with Crippen LogP contribution >= 0.6 is 0 Å². The number of aromatic amines is 1. The van der Waals surface area contributed by atoms with E-state index in [2.05, 4.69) is 22.2 Å². The SMILES string of the molecule is CN(CCNC(=O)c1ccc2[nH]c3c(c2c1)CN(C(=O)C1CCC1)CC3)C1CCCCC1. The molecule has 0 saturated heterocycles. The fraction of sp³-hybridized carbons (Fsp3) is 0.615. The Morgan fingerprint density at radius 3 is 2.69 bits per heavy atom. The van der Waals surface area contributed by atoms with Gasteiger partial charge >= 0.3 is 0 Å². The minimum Gasteiger partial charge on any atom is -0.358 e. The second-order valence-electron chi connectivity index (χ2n) is 10.0. The third-order valence-corrected chi connectivity index (χ3v) is 7.95. The van der Waals surface area contributed by atoms with Crippen LogP contribution in [0.25, 0.3) is 10.9 Å². The standard InChI is InChI=1S/C26H36N4O2/c1-29(20-8-3-2-4-9-20)15-13-27-25(31)19-10-11-23-21(16-19)22-17-30(14-12-24(22)28-23)26(32)18-6-5-7-18/h10-11,16,18,20,28H,2-9,12-15,17H2,1H3,(H,27,31). The summed E-state index contributed by atoms with van der Waals surface area (Å²) in [7, 11) is 2.18. The van der Waals surface area contributed by atoms with Gasteiger partial charge in [0.2, 0.25) is 5.91 Å². The Labute approximate surface area is 190 Å². The van der Waals surface area contributed by atoms with Gasteiger partial charge in [-0.1, -0.05) is 25.7 Å². The van der Waals surface area contributed by atoms with Crippen LogP contribution in [0.1, 0.15) is 73.0 Å². The molecule has 5 rings (SSSR count). The van der Waals surface area contributed by atoms with Crippen LogP contribution < -0.4 is 5.32 Å². The summed E-state index contributed by atoms with van der Waals surface area (Å²) in [6.45, 7) is 2.99. The molecule has 0 radical (unpaired) electrons. The minimum atomic E-state index is -0.0166. The van der Waals surface area contributed by atoms with Gasteiger partial charge in [-0.15, -0.1) is 0 Å². The number of nitrogens with zero attached hydrogens (tertiary/aromatic N) is 2. The van der Waals surface area contributed by atoms with Gasteiger partial charge in [-0.2, -0.15) is 0 Å². The molecule has 6 heteroatoms. The first kappa shape index (κ1) is 21.5. The highest BCUT2D eigenvalue weighted by atomic mass is 16.2. The highest BCUT2D eigenvalue weighted by Crippen LogP contribution is 2.33. The van der Waals surface area contributed by atoms with E-state index < -0.39 is 0 Å². The Hall–Kier alpha value is -2.34. The van der Waals surface area contributed by atoms with Crippen molar-refractivity contribution < 1.29 is 9.59 Å². The molecule has 2 aromatic rings. The molecule has 1 aromatic carbocycles. The summed E-state index contributed by atoms with van der Waals surface area (Å²) < 4.78 is 0. The topological polar surface area (TPSA) is 68.4 Å². The number of amides is 2. The molecule has 2 aliphatic carbocycles. The summed E-state index contributed by atoms with van der Waals surface area (Å²) in [5, 5.41) is 4.19. The quantitative estimate of drug-likeness (QED) is 0.723. The first-order valence-corrected chi connectivity index (χ1v) is 12.5. The molecule has 0 spiro atoms. The number of hydrogen-bond acceptors (Lipinski definition) is 3. The van der Waals surface area contributed by atoms with Crippen molar-refractivity contribution in [2.45, 2.75) is 70.4 Å². The highest BCUT2D eigenvalue weighted by molar-refractivity contribution is 5.99. The van der Waals surface area contributed by atoms with Crippen LogP contribution in [-0.4, -0.2) is 59.3 Å². The van der Waals surface area contributed by atoms with Gasteiger partial charge in [-0.3, -0.25) is 9.59 Å². The lowest BCUT2D eigenvalue weighted by atomic mass is 9.84. The summed E-state index contributed by atoms with van der Waals surface area (Å²) >= 11 is 0. The molecule has 2 amide bonds. The van der Waals surface area contributed by atoms with E-state index in [9.17, 15) is 9.59 Å². The first-order chi connectivity index (χ1) is 15.6. The van der Waals surface area contributed by atoms with Crippen molar-refractivity contribution in [3.05, 3.63) is 35.0 Å². The zero-order valence-corrected chi connectivity index (χ0v) is 19.3. The fourth-order valence-electron chi connectivity index (χ4n) is 5.61. The van der Waals surface area contributed by atoms with Gasteiger partial charge in [0.1, 0.15) is 0 Å². The maximum Gasteiger partial charge on any atom is 0.251 e. The van der Waals surface area contributed by atoms with E-state index in [1.807, 2.05) is 23.1 Å². The van der Waals surface area contributed by atoms with Crippen LogP contribution in [0.5, 0.6) is 0 Å². The second-order valence-corrected chi connectivity index (χ2v) is 10.0. The Kier molecular flexibility index (Phi) is 6.22. The molecule has 0 bridgehead atoms. The molecular weight excluding hydrogens is 400 g/mol. The number of rotatable bonds is 6. The molecule has 2 N–H and O–H groups in total. The van der Waals surface area contributed by atoms with Crippen molar-refractivity contribution in [2.75, 3.05) is 26.7 Å². The van der Waals surface area contributed by atoms with Gasteiger partial charge in [-0.25, -0.2) is 0 Å². The molecule has 6 nitrogen and oxygen atoms in total. The summed E-state index contributed by atoms with van der Waals surface area (Å²) in [6.07, 6.45) is 10.7. The van der Waals surface area contributed by atoms with E-state index in [0.717, 1.165) is 43.3 Å². The van der Waals surface area contributed by atoms with Crippen LogP contribution in [0.4, 0.5) is 0 Å². The lowest BCUT2D eigenvalue weighted by molar-refractivity contribution is -0.139. The number of fused-ring (bicyclic) bond motifs is 3. The average molecular weight is 437 g/mol. The molecule has 172 valence electrons. The smallest absolute Gasteiger partial charge is 0.251 e. The van der Waals surface area contributed by atoms with Crippen molar-refractivity contribution in [3.63, 3.8) is 0 Å². The average Bonchev–Trinajstić information content (AvgIpc) is 3.15. The third kappa shape index (κ3) is 4.29. The number of likely N-dealkylation sites (N-methyl/N-ethyl adjacent to an activating group) is 1. The second kappa shape index (κ2) is 9.26. The van der Waals surface area contributed by atoms with Crippen LogP contribution in [-0.2, 0) is 17.8 Å². The van der Waals surface area contributed by atoms with Gasteiger partial charge in [0.25, 0.3) is 5.91 Å². The molecular formula is C26H36N4O2. The summed E-state index contributed by atoms with van der Waals surface area (Å²) in [4.78, 5) is 33.5. The van der Waals surface area contributed by atoms with Crippen LogP contribution in [0, 0.1) is 5.92 Å². The molecule has 3 aliphatic rings. The number of carbonyl (C=O) groups excluding carboxylic acids is 2. The van der Waals surface area contributed by atoms with E-state index in [-0.39, 0.29) is 11.8 Å². The van der Waals surface area contributed by atoms with Gasteiger partial charge in [0.05, 0.1) is 0 Å². The Bertz CT molecular complexity index is 987. The largest absolute Gasteiger partial charge is 0.358 e. The van der Waals surface area contributed by atoms with E-state index in [1.54, 1.807) is 0 Å². The van der Waals surface area contributed by atoms with Crippen LogP contribution in [0.3, 0.4) is 0 Å². The fourth-order valence-corrected chi connectivity index (χ4v) is 5.61. The Balaban J connectivity index is 1.23. The van der Waals surface area contributed by atoms with Gasteiger partial charge < -0.3 is 20.1 Å². The molecule has 32 heavy (non-hydrogen) atoms. The molecule has 0 atom stereocenters. The predicted molar refractivity (Wildman–Crippen MR) is 127 cm³/mol. The van der Waals surface area contributed by atoms with Gasteiger partial charge in [0, 0.05) is 72.3 Å². The monoisotopic (exact) mass is 436 g/mol. The van der Waals surface area contributed by atoms with E-state index in [4.69, 9.17) is 0 Å². The van der Waals surface area contributed by atoms with Gasteiger partial charge in [-0.05, 0) is 50.9 Å². The van der Waals surface area contributed by atoms with Crippen molar-refractivity contribution >= 4 is 22.7 Å².